The molecule has 8 heteroatoms. The second kappa shape index (κ2) is 8.26. The molecule has 0 aliphatic carbocycles. The Morgan fingerprint density at radius 2 is 2.04 bits per heavy atom. The first kappa shape index (κ1) is 19.6. The van der Waals surface area contributed by atoms with E-state index >= 15 is 0 Å². The van der Waals surface area contributed by atoms with Gasteiger partial charge in [-0.1, -0.05) is 30.0 Å². The number of nitrogens with zero attached hydrogens (tertiary/aromatic N) is 3. The van der Waals surface area contributed by atoms with Crippen LogP contribution in [0.25, 0.3) is 11.0 Å². The van der Waals surface area contributed by atoms with E-state index in [1.165, 1.54) is 17.8 Å². The Morgan fingerprint density at radius 1 is 1.32 bits per heavy atom. The van der Waals surface area contributed by atoms with Gasteiger partial charge in [-0.3, -0.25) is 14.9 Å². The number of imidazole rings is 1. The lowest BCUT2D eigenvalue weighted by Crippen LogP contribution is -2.16. The summed E-state index contributed by atoms with van der Waals surface area (Å²) in [6.45, 7) is 8.00. The normalized spacial score (nSPS) is 10.8. The van der Waals surface area contributed by atoms with Crippen LogP contribution in [-0.2, 0) is 11.3 Å². The van der Waals surface area contributed by atoms with Crippen LogP contribution >= 0.6 is 11.8 Å². The van der Waals surface area contributed by atoms with Crippen molar-refractivity contribution in [2.75, 3.05) is 11.1 Å². The van der Waals surface area contributed by atoms with Crippen LogP contribution in [0.2, 0.25) is 0 Å². The number of hydrogen-bond acceptors (Lipinski definition) is 5. The van der Waals surface area contributed by atoms with Crippen molar-refractivity contribution < 1.29 is 9.72 Å². The molecule has 7 nitrogen and oxygen atoms in total. The van der Waals surface area contributed by atoms with Crippen molar-refractivity contribution in [1.82, 2.24) is 9.55 Å². The lowest BCUT2D eigenvalue weighted by atomic mass is 10.1. The Bertz CT molecular complexity index is 1070. The molecule has 0 fully saturated rings. The van der Waals surface area contributed by atoms with Crippen molar-refractivity contribution in [3.8, 4) is 0 Å². The summed E-state index contributed by atoms with van der Waals surface area (Å²) in [5.41, 5.74) is 3.59. The summed E-state index contributed by atoms with van der Waals surface area (Å²) in [6.07, 6.45) is 1.77. The monoisotopic (exact) mass is 396 g/mol. The van der Waals surface area contributed by atoms with Gasteiger partial charge in [0.2, 0.25) is 5.91 Å². The van der Waals surface area contributed by atoms with Gasteiger partial charge in [0.25, 0.3) is 5.69 Å². The summed E-state index contributed by atoms with van der Waals surface area (Å²) < 4.78 is 1.98. The Kier molecular flexibility index (Phi) is 5.79. The van der Waals surface area contributed by atoms with Gasteiger partial charge in [0.05, 0.1) is 21.7 Å². The highest BCUT2D eigenvalue weighted by atomic mass is 32.2. The van der Waals surface area contributed by atoms with Gasteiger partial charge >= 0.3 is 0 Å². The molecule has 0 aliphatic rings. The third kappa shape index (κ3) is 4.07. The molecular formula is C20H20N4O3S. The number of benzene rings is 2. The molecule has 0 bridgehead atoms. The minimum absolute atomic E-state index is 0.0878. The summed E-state index contributed by atoms with van der Waals surface area (Å²) in [5, 5.41) is 14.6. The van der Waals surface area contributed by atoms with E-state index in [-0.39, 0.29) is 23.0 Å². The Balaban J connectivity index is 1.78. The topological polar surface area (TPSA) is 90.1 Å². The average molecular weight is 396 g/mol. The number of carbonyl (C=O) groups excluding carboxylic acids is 1. The van der Waals surface area contributed by atoms with Crippen LogP contribution < -0.4 is 5.32 Å². The van der Waals surface area contributed by atoms with Crippen LogP contribution in [0, 0.1) is 24.0 Å². The van der Waals surface area contributed by atoms with Gasteiger partial charge in [-0.15, -0.1) is 6.58 Å². The quantitative estimate of drug-likeness (QED) is 0.275. The predicted octanol–water partition coefficient (Wildman–Crippen LogP) is 4.48. The summed E-state index contributed by atoms with van der Waals surface area (Å²) in [5.74, 6) is -0.238. The molecule has 0 unspecified atom stereocenters. The first-order valence-electron chi connectivity index (χ1n) is 8.65. The number of aryl methyl sites for hydroxylation is 2. The molecule has 0 atom stereocenters. The number of anilines is 1. The minimum Gasteiger partial charge on any atom is -0.320 e. The Labute approximate surface area is 166 Å². The van der Waals surface area contributed by atoms with E-state index in [1.54, 1.807) is 19.1 Å². The maximum Gasteiger partial charge on any atom is 0.293 e. The Morgan fingerprint density at radius 3 is 2.75 bits per heavy atom. The third-order valence-corrected chi connectivity index (χ3v) is 5.32. The predicted molar refractivity (Wildman–Crippen MR) is 112 cm³/mol. The number of nitro groups is 1. The zero-order valence-electron chi connectivity index (χ0n) is 15.6. The van der Waals surface area contributed by atoms with Crippen LogP contribution in [0.1, 0.15) is 11.1 Å². The standard InChI is InChI=1S/C20H20N4O3S/c1-4-9-23-17-8-6-5-7-15(17)22-20(23)28-12-19(25)21-16-10-13(2)14(3)11-18(16)24(26)27/h4-8,10-11H,1,9,12H2,2-3H3,(H,21,25). The third-order valence-electron chi connectivity index (χ3n) is 4.35. The molecule has 0 radical (unpaired) electrons. The number of thioether (sulfide) groups is 1. The summed E-state index contributed by atoms with van der Waals surface area (Å²) in [6, 6.07) is 10.8. The van der Waals surface area contributed by atoms with Crippen molar-refractivity contribution >= 4 is 40.1 Å². The molecule has 0 spiro atoms. The van der Waals surface area contributed by atoms with E-state index in [9.17, 15) is 14.9 Å². The molecule has 1 N–H and O–H groups in total. The number of amides is 1. The number of nitrogens with one attached hydrogen (secondary N) is 1. The molecule has 1 aromatic heterocycles. The van der Waals surface area contributed by atoms with Crippen LogP contribution in [0.3, 0.4) is 0 Å². The number of rotatable bonds is 7. The fourth-order valence-corrected chi connectivity index (χ4v) is 3.66. The number of fused-ring (bicyclic) bond motifs is 1. The number of nitro benzene ring substituents is 1. The van der Waals surface area contributed by atoms with Crippen molar-refractivity contribution in [3.05, 3.63) is 70.3 Å². The maximum atomic E-state index is 12.4. The number of allylic oxidation sites excluding steroid dienone is 1. The van der Waals surface area contributed by atoms with Crippen LogP contribution in [-0.4, -0.2) is 26.1 Å². The molecule has 3 aromatic rings. The summed E-state index contributed by atoms with van der Waals surface area (Å²) in [7, 11) is 0. The molecule has 0 saturated carbocycles. The molecule has 144 valence electrons. The van der Waals surface area contributed by atoms with Gasteiger partial charge in [-0.2, -0.15) is 0 Å². The van der Waals surface area contributed by atoms with Gasteiger partial charge in [0.1, 0.15) is 5.69 Å². The van der Waals surface area contributed by atoms with E-state index in [1.807, 2.05) is 35.8 Å². The van der Waals surface area contributed by atoms with Crippen molar-refractivity contribution in [2.45, 2.75) is 25.5 Å². The highest BCUT2D eigenvalue weighted by Gasteiger charge is 2.18. The molecule has 2 aromatic carbocycles. The van der Waals surface area contributed by atoms with E-state index in [4.69, 9.17) is 0 Å². The second-order valence-corrected chi connectivity index (χ2v) is 7.27. The molecule has 28 heavy (non-hydrogen) atoms. The lowest BCUT2D eigenvalue weighted by Gasteiger charge is -2.09. The van der Waals surface area contributed by atoms with E-state index < -0.39 is 4.92 Å². The number of carbonyl (C=O) groups is 1. The Hall–Kier alpha value is -3.13. The molecule has 0 saturated heterocycles. The largest absolute Gasteiger partial charge is 0.320 e. The van der Waals surface area contributed by atoms with E-state index in [0.29, 0.717) is 11.7 Å². The fourth-order valence-electron chi connectivity index (χ4n) is 2.84. The smallest absolute Gasteiger partial charge is 0.293 e. The first-order valence-corrected chi connectivity index (χ1v) is 9.63. The van der Waals surface area contributed by atoms with Gasteiger partial charge in [-0.25, -0.2) is 4.98 Å². The van der Waals surface area contributed by atoms with Crippen LogP contribution in [0.5, 0.6) is 0 Å². The highest BCUT2D eigenvalue weighted by Crippen LogP contribution is 2.29. The molecule has 1 heterocycles. The zero-order valence-corrected chi connectivity index (χ0v) is 16.5. The van der Waals surface area contributed by atoms with Crippen LogP contribution in [0.4, 0.5) is 11.4 Å². The van der Waals surface area contributed by atoms with E-state index in [0.717, 1.165) is 22.2 Å². The second-order valence-electron chi connectivity index (χ2n) is 6.33. The van der Waals surface area contributed by atoms with Crippen molar-refractivity contribution in [3.63, 3.8) is 0 Å². The average Bonchev–Trinajstić information content (AvgIpc) is 3.01. The molecule has 3 rings (SSSR count). The molecular weight excluding hydrogens is 376 g/mol. The van der Waals surface area contributed by atoms with E-state index in [2.05, 4.69) is 16.9 Å². The van der Waals surface area contributed by atoms with Crippen molar-refractivity contribution in [1.29, 1.82) is 0 Å². The highest BCUT2D eigenvalue weighted by molar-refractivity contribution is 7.99. The lowest BCUT2D eigenvalue weighted by molar-refractivity contribution is -0.384. The number of para-hydroxylation sites is 2. The minimum atomic E-state index is -0.487. The molecule has 1 amide bonds. The van der Waals surface area contributed by atoms with Gasteiger partial charge in [-0.05, 0) is 43.2 Å². The van der Waals surface area contributed by atoms with Crippen LogP contribution in [0.15, 0.2) is 54.2 Å². The fraction of sp³-hybridized carbons (Fsp3) is 0.200. The van der Waals surface area contributed by atoms with Gasteiger partial charge in [0, 0.05) is 12.6 Å². The number of aromatic nitrogens is 2. The summed E-state index contributed by atoms with van der Waals surface area (Å²) in [4.78, 5) is 27.8. The number of hydrogen-bond donors (Lipinski definition) is 1. The summed E-state index contributed by atoms with van der Waals surface area (Å²) >= 11 is 1.28. The van der Waals surface area contributed by atoms with Crippen molar-refractivity contribution in [2.24, 2.45) is 0 Å². The SMILES string of the molecule is C=CCn1c(SCC(=O)Nc2cc(C)c(C)cc2[N+](=O)[O-])nc2ccccc21. The van der Waals surface area contributed by atoms with Gasteiger partial charge < -0.3 is 9.88 Å². The first-order chi connectivity index (χ1) is 13.4. The zero-order chi connectivity index (χ0) is 20.3. The maximum absolute atomic E-state index is 12.4. The van der Waals surface area contributed by atoms with Gasteiger partial charge in [0.15, 0.2) is 5.16 Å². The molecule has 0 aliphatic heterocycles.